The van der Waals surface area contributed by atoms with Gasteiger partial charge in [0.2, 0.25) is 0 Å². The smallest absolute Gasteiger partial charge is 0.321 e. The van der Waals surface area contributed by atoms with E-state index in [1.54, 1.807) is 31.4 Å². The molecule has 1 fully saturated rings. The van der Waals surface area contributed by atoms with Gasteiger partial charge in [0.1, 0.15) is 5.75 Å². The zero-order chi connectivity index (χ0) is 21.6. The van der Waals surface area contributed by atoms with Crippen molar-refractivity contribution in [3.63, 3.8) is 0 Å². The molecule has 3 aromatic rings. The number of carbonyl (C=O) groups is 2. The van der Waals surface area contributed by atoms with E-state index >= 15 is 0 Å². The molecule has 160 valence electrons. The molecule has 1 aliphatic heterocycles. The van der Waals surface area contributed by atoms with Crippen molar-refractivity contribution in [3.8, 4) is 5.75 Å². The van der Waals surface area contributed by atoms with E-state index < -0.39 is 11.9 Å². The van der Waals surface area contributed by atoms with Crippen molar-refractivity contribution in [2.75, 3.05) is 20.2 Å². The number of nitrogens with one attached hydrogen (secondary N) is 2. The van der Waals surface area contributed by atoms with Gasteiger partial charge in [-0.25, -0.2) is 4.79 Å². The Balaban J connectivity index is 1.23. The minimum Gasteiger partial charge on any atom is -0.497 e. The third-order valence-electron chi connectivity index (χ3n) is 5.72. The maximum Gasteiger partial charge on any atom is 0.321 e. The van der Waals surface area contributed by atoms with Crippen molar-refractivity contribution in [1.29, 1.82) is 0 Å². The van der Waals surface area contributed by atoms with Crippen LogP contribution in [0.2, 0.25) is 0 Å². The molecule has 3 amide bonds. The third-order valence-corrected chi connectivity index (χ3v) is 5.72. The molecule has 1 saturated heterocycles. The van der Waals surface area contributed by atoms with Crippen LogP contribution in [0.3, 0.4) is 0 Å². The van der Waals surface area contributed by atoms with Gasteiger partial charge in [-0.15, -0.1) is 0 Å². The van der Waals surface area contributed by atoms with Crippen LogP contribution in [0.4, 0.5) is 4.79 Å². The number of imide groups is 1. The second kappa shape index (κ2) is 9.62. The van der Waals surface area contributed by atoms with E-state index in [2.05, 4.69) is 58.0 Å². The number of hydrogen-bond donors (Lipinski definition) is 2. The summed E-state index contributed by atoms with van der Waals surface area (Å²) in [6.07, 6.45) is 1.72. The normalized spacial score (nSPS) is 14.9. The molecule has 0 spiro atoms. The van der Waals surface area contributed by atoms with Gasteiger partial charge >= 0.3 is 6.03 Å². The van der Waals surface area contributed by atoms with Crippen LogP contribution in [0.1, 0.15) is 28.8 Å². The number of likely N-dealkylation sites (tertiary alicyclic amines) is 1. The molecule has 4 rings (SSSR count). The van der Waals surface area contributed by atoms with Crippen molar-refractivity contribution in [3.05, 3.63) is 77.9 Å². The van der Waals surface area contributed by atoms with E-state index in [1.807, 2.05) is 0 Å². The van der Waals surface area contributed by atoms with Crippen LogP contribution < -0.4 is 15.4 Å². The number of methoxy groups -OCH3 is 1. The predicted molar refractivity (Wildman–Crippen MR) is 121 cm³/mol. The highest BCUT2D eigenvalue weighted by Crippen LogP contribution is 2.19. The standard InChI is InChI=1S/C25H27N3O3/c1-31-23-10-8-20(9-11-23)24(29)27-25(30)26-22-12-14-28(15-13-22)17-18-6-7-19-4-2-3-5-21(19)16-18/h2-11,16,22H,12-15,17H2,1H3,(H2,26,27,29,30). The summed E-state index contributed by atoms with van der Waals surface area (Å²) >= 11 is 0. The Hall–Kier alpha value is -3.38. The van der Waals surface area contributed by atoms with Crippen LogP contribution in [-0.2, 0) is 6.54 Å². The van der Waals surface area contributed by atoms with E-state index in [0.29, 0.717) is 11.3 Å². The lowest BCUT2D eigenvalue weighted by molar-refractivity contribution is 0.0961. The fourth-order valence-corrected chi connectivity index (χ4v) is 3.97. The zero-order valence-corrected chi connectivity index (χ0v) is 17.6. The number of urea groups is 1. The molecule has 0 saturated carbocycles. The van der Waals surface area contributed by atoms with E-state index in [4.69, 9.17) is 4.74 Å². The molecule has 3 aromatic carbocycles. The monoisotopic (exact) mass is 417 g/mol. The first-order valence-electron chi connectivity index (χ1n) is 10.6. The molecule has 6 heteroatoms. The van der Waals surface area contributed by atoms with Gasteiger partial charge in [-0.05, 0) is 59.5 Å². The number of hydrogen-bond acceptors (Lipinski definition) is 4. The molecular weight excluding hydrogens is 390 g/mol. The molecule has 1 heterocycles. The Bertz CT molecular complexity index is 1060. The number of fused-ring (bicyclic) bond motifs is 1. The van der Waals surface area contributed by atoms with E-state index in [-0.39, 0.29) is 6.04 Å². The van der Waals surface area contributed by atoms with Gasteiger partial charge in [0.15, 0.2) is 0 Å². The first-order valence-corrected chi connectivity index (χ1v) is 10.6. The fourth-order valence-electron chi connectivity index (χ4n) is 3.97. The van der Waals surface area contributed by atoms with Crippen molar-refractivity contribution >= 4 is 22.7 Å². The van der Waals surface area contributed by atoms with Crippen molar-refractivity contribution in [2.24, 2.45) is 0 Å². The van der Waals surface area contributed by atoms with Crippen LogP contribution in [0.15, 0.2) is 66.7 Å². The molecule has 0 unspecified atom stereocenters. The van der Waals surface area contributed by atoms with Gasteiger partial charge in [0, 0.05) is 31.2 Å². The Labute approximate surface area is 182 Å². The molecule has 31 heavy (non-hydrogen) atoms. The Morgan fingerprint density at radius 3 is 2.39 bits per heavy atom. The van der Waals surface area contributed by atoms with Gasteiger partial charge in [-0.3, -0.25) is 15.0 Å². The molecule has 0 aromatic heterocycles. The molecule has 0 radical (unpaired) electrons. The highest BCUT2D eigenvalue weighted by atomic mass is 16.5. The second-order valence-electron chi connectivity index (χ2n) is 7.89. The Morgan fingerprint density at radius 1 is 0.968 bits per heavy atom. The number of ether oxygens (including phenoxy) is 1. The Morgan fingerprint density at radius 2 is 1.68 bits per heavy atom. The molecule has 0 bridgehead atoms. The highest BCUT2D eigenvalue weighted by molar-refractivity contribution is 6.04. The number of nitrogens with zero attached hydrogens (tertiary/aromatic N) is 1. The number of amides is 3. The first-order chi connectivity index (χ1) is 15.1. The molecule has 0 aliphatic carbocycles. The summed E-state index contributed by atoms with van der Waals surface area (Å²) in [5.74, 6) is 0.241. The number of benzene rings is 3. The topological polar surface area (TPSA) is 70.7 Å². The lowest BCUT2D eigenvalue weighted by Crippen LogP contribution is -2.49. The summed E-state index contributed by atoms with van der Waals surface area (Å²) in [5.41, 5.74) is 1.72. The van der Waals surface area contributed by atoms with Crippen LogP contribution >= 0.6 is 0 Å². The van der Waals surface area contributed by atoms with E-state index in [0.717, 1.165) is 32.5 Å². The average Bonchev–Trinajstić information content (AvgIpc) is 2.80. The molecule has 1 aliphatic rings. The summed E-state index contributed by atoms with van der Waals surface area (Å²) in [7, 11) is 1.57. The van der Waals surface area contributed by atoms with Gasteiger partial charge in [0.05, 0.1) is 7.11 Å². The third kappa shape index (κ3) is 5.41. The number of rotatable bonds is 5. The van der Waals surface area contributed by atoms with Gasteiger partial charge in [0.25, 0.3) is 5.91 Å². The fraction of sp³-hybridized carbons (Fsp3) is 0.280. The van der Waals surface area contributed by atoms with Crippen LogP contribution in [0.25, 0.3) is 10.8 Å². The Kier molecular flexibility index (Phi) is 6.48. The SMILES string of the molecule is COc1ccc(C(=O)NC(=O)NC2CCN(Cc3ccc4ccccc4c3)CC2)cc1. The van der Waals surface area contributed by atoms with Crippen molar-refractivity contribution < 1.29 is 14.3 Å². The lowest BCUT2D eigenvalue weighted by Gasteiger charge is -2.32. The van der Waals surface area contributed by atoms with Crippen molar-refractivity contribution in [1.82, 2.24) is 15.5 Å². The minimum atomic E-state index is -0.450. The quantitative estimate of drug-likeness (QED) is 0.659. The van der Waals surface area contributed by atoms with Gasteiger partial charge in [-0.2, -0.15) is 0 Å². The van der Waals surface area contributed by atoms with Gasteiger partial charge < -0.3 is 10.1 Å². The maximum atomic E-state index is 12.2. The van der Waals surface area contributed by atoms with Gasteiger partial charge in [-0.1, -0.05) is 36.4 Å². The summed E-state index contributed by atoms with van der Waals surface area (Å²) in [6, 6.07) is 21.3. The maximum absolute atomic E-state index is 12.2. The second-order valence-corrected chi connectivity index (χ2v) is 7.89. The largest absolute Gasteiger partial charge is 0.497 e. The van der Waals surface area contributed by atoms with Crippen LogP contribution in [0.5, 0.6) is 5.75 Å². The average molecular weight is 418 g/mol. The van der Waals surface area contributed by atoms with E-state index in [1.165, 1.54) is 16.3 Å². The highest BCUT2D eigenvalue weighted by Gasteiger charge is 2.21. The predicted octanol–water partition coefficient (Wildman–Crippen LogP) is 3.95. The zero-order valence-electron chi connectivity index (χ0n) is 17.6. The minimum absolute atomic E-state index is 0.0662. The van der Waals surface area contributed by atoms with Crippen molar-refractivity contribution in [2.45, 2.75) is 25.4 Å². The summed E-state index contributed by atoms with van der Waals surface area (Å²) in [6.45, 7) is 2.72. The van der Waals surface area contributed by atoms with Crippen LogP contribution in [0, 0.1) is 0 Å². The van der Waals surface area contributed by atoms with E-state index in [9.17, 15) is 9.59 Å². The molecule has 0 atom stereocenters. The molecule has 6 nitrogen and oxygen atoms in total. The molecule has 2 N–H and O–H groups in total. The first kappa shape index (κ1) is 20.9. The summed E-state index contributed by atoms with van der Waals surface area (Å²) in [4.78, 5) is 26.9. The number of carbonyl (C=O) groups excluding carboxylic acids is 2. The summed E-state index contributed by atoms with van der Waals surface area (Å²) < 4.78 is 5.08. The molecular formula is C25H27N3O3. The lowest BCUT2D eigenvalue weighted by atomic mass is 10.0. The number of piperidine rings is 1. The summed E-state index contributed by atoms with van der Waals surface area (Å²) in [5, 5.41) is 7.85. The van der Waals surface area contributed by atoms with Crippen LogP contribution in [-0.4, -0.2) is 43.1 Å².